The number of aliphatic hydroxyl groups is 1. The van der Waals surface area contributed by atoms with E-state index in [0.29, 0.717) is 28.7 Å². The number of methoxy groups -OCH3 is 1. The van der Waals surface area contributed by atoms with Crippen molar-refractivity contribution in [2.24, 2.45) is 0 Å². The van der Waals surface area contributed by atoms with Gasteiger partial charge in [0, 0.05) is 29.7 Å². The molecule has 0 atom stereocenters. The minimum atomic E-state index is -4.73. The number of hydrogen-bond acceptors (Lipinski definition) is 6. The maximum atomic E-state index is 14.7. The summed E-state index contributed by atoms with van der Waals surface area (Å²) >= 11 is 0. The van der Waals surface area contributed by atoms with E-state index in [1.807, 2.05) is 0 Å². The summed E-state index contributed by atoms with van der Waals surface area (Å²) in [4.78, 5) is 4.02. The molecule has 0 bridgehead atoms. The van der Waals surface area contributed by atoms with Crippen molar-refractivity contribution in [3.8, 4) is 17.0 Å². The van der Waals surface area contributed by atoms with Crippen LogP contribution in [0.4, 0.5) is 23.4 Å². The van der Waals surface area contributed by atoms with E-state index >= 15 is 0 Å². The Balaban J connectivity index is 2.19. The van der Waals surface area contributed by atoms with Crippen LogP contribution in [0.15, 0.2) is 30.6 Å². The molecule has 0 unspecified atom stereocenters. The van der Waals surface area contributed by atoms with Crippen molar-refractivity contribution in [3.63, 3.8) is 0 Å². The van der Waals surface area contributed by atoms with Gasteiger partial charge in [0.25, 0.3) is 0 Å². The number of aromatic nitrogens is 3. The van der Waals surface area contributed by atoms with Crippen LogP contribution >= 0.6 is 0 Å². The third-order valence-electron chi connectivity index (χ3n) is 4.11. The zero-order valence-corrected chi connectivity index (χ0v) is 15.8. The maximum absolute atomic E-state index is 14.7. The minimum Gasteiger partial charge on any atom is -0.496 e. The van der Waals surface area contributed by atoms with Gasteiger partial charge in [0.05, 0.1) is 23.8 Å². The Morgan fingerprint density at radius 2 is 1.86 bits per heavy atom. The molecule has 10 heteroatoms. The molecule has 0 radical (unpaired) electrons. The molecule has 0 aliphatic heterocycles. The van der Waals surface area contributed by atoms with Crippen molar-refractivity contribution in [2.75, 3.05) is 19.0 Å². The molecule has 3 aromatic rings. The maximum Gasteiger partial charge on any atom is 0.416 e. The van der Waals surface area contributed by atoms with Gasteiger partial charge in [0.1, 0.15) is 17.3 Å². The molecule has 1 aromatic carbocycles. The number of anilines is 1. The van der Waals surface area contributed by atoms with Gasteiger partial charge in [-0.25, -0.2) is 4.39 Å². The van der Waals surface area contributed by atoms with Gasteiger partial charge >= 0.3 is 6.18 Å². The molecule has 0 saturated heterocycles. The van der Waals surface area contributed by atoms with E-state index in [0.717, 1.165) is 7.11 Å². The van der Waals surface area contributed by atoms with Crippen LogP contribution in [-0.2, 0) is 6.18 Å². The van der Waals surface area contributed by atoms with Gasteiger partial charge < -0.3 is 15.2 Å². The molecule has 0 aliphatic rings. The summed E-state index contributed by atoms with van der Waals surface area (Å²) in [5.41, 5.74) is -2.42. The Morgan fingerprint density at radius 3 is 2.48 bits per heavy atom. The van der Waals surface area contributed by atoms with Crippen LogP contribution in [-0.4, -0.2) is 39.5 Å². The summed E-state index contributed by atoms with van der Waals surface area (Å²) in [5, 5.41) is 21.7. The summed E-state index contributed by atoms with van der Waals surface area (Å²) < 4.78 is 58.8. The molecule has 0 aliphatic carbocycles. The quantitative estimate of drug-likeness (QED) is 0.618. The first kappa shape index (κ1) is 20.7. The van der Waals surface area contributed by atoms with E-state index in [1.54, 1.807) is 19.9 Å². The second kappa shape index (κ2) is 7.43. The van der Waals surface area contributed by atoms with Crippen LogP contribution in [0, 0.1) is 5.82 Å². The number of pyridine rings is 1. The molecule has 3 rings (SSSR count). The number of ether oxygens (including phenoxy) is 1. The SMILES string of the molecule is COc1cc(C(F)(F)F)cc(F)c1-c1nnc(NCC(C)(C)O)c2cnccc12. The molecule has 2 heterocycles. The van der Waals surface area contributed by atoms with Crippen LogP contribution < -0.4 is 10.1 Å². The van der Waals surface area contributed by atoms with Crippen LogP contribution in [0.2, 0.25) is 0 Å². The predicted molar refractivity (Wildman–Crippen MR) is 99.1 cm³/mol. The monoisotopic (exact) mass is 410 g/mol. The highest BCUT2D eigenvalue weighted by Gasteiger charge is 2.33. The summed E-state index contributed by atoms with van der Waals surface area (Å²) in [6.45, 7) is 3.36. The van der Waals surface area contributed by atoms with E-state index in [-0.39, 0.29) is 23.6 Å². The first-order chi connectivity index (χ1) is 13.5. The summed E-state index contributed by atoms with van der Waals surface area (Å²) in [6, 6.07) is 2.66. The molecule has 0 spiro atoms. The normalized spacial score (nSPS) is 12.3. The number of hydrogen-bond donors (Lipinski definition) is 2. The van der Waals surface area contributed by atoms with Crippen LogP contribution in [0.1, 0.15) is 19.4 Å². The van der Waals surface area contributed by atoms with E-state index in [4.69, 9.17) is 4.74 Å². The van der Waals surface area contributed by atoms with Crippen molar-refractivity contribution in [1.29, 1.82) is 0 Å². The number of nitrogens with zero attached hydrogens (tertiary/aromatic N) is 3. The Morgan fingerprint density at radius 1 is 1.14 bits per heavy atom. The first-order valence-electron chi connectivity index (χ1n) is 8.53. The topological polar surface area (TPSA) is 80.2 Å². The second-order valence-corrected chi connectivity index (χ2v) is 7.02. The molecular weight excluding hydrogens is 392 g/mol. The van der Waals surface area contributed by atoms with Crippen molar-refractivity contribution in [1.82, 2.24) is 15.2 Å². The number of nitrogens with one attached hydrogen (secondary N) is 1. The van der Waals surface area contributed by atoms with Crippen LogP contribution in [0.3, 0.4) is 0 Å². The number of alkyl halides is 3. The lowest BCUT2D eigenvalue weighted by Gasteiger charge is -2.19. The summed E-state index contributed by atoms with van der Waals surface area (Å²) in [6.07, 6.45) is -1.81. The van der Waals surface area contributed by atoms with Gasteiger partial charge in [-0.1, -0.05) is 0 Å². The molecule has 154 valence electrons. The second-order valence-electron chi connectivity index (χ2n) is 7.02. The molecule has 0 amide bonds. The lowest BCUT2D eigenvalue weighted by atomic mass is 10.0. The molecule has 2 aromatic heterocycles. The third-order valence-corrected chi connectivity index (χ3v) is 4.11. The fraction of sp³-hybridized carbons (Fsp3) is 0.316. The van der Waals surface area contributed by atoms with Crippen molar-refractivity contribution < 1.29 is 27.4 Å². The molecular formula is C19H18F4N4O2. The number of halogens is 4. The zero-order chi connectivity index (χ0) is 21.4. The minimum absolute atomic E-state index is 0.0132. The highest BCUT2D eigenvalue weighted by Crippen LogP contribution is 2.40. The highest BCUT2D eigenvalue weighted by atomic mass is 19.4. The average molecular weight is 410 g/mol. The van der Waals surface area contributed by atoms with Gasteiger partial charge in [-0.15, -0.1) is 10.2 Å². The largest absolute Gasteiger partial charge is 0.496 e. The molecule has 2 N–H and O–H groups in total. The molecule has 6 nitrogen and oxygen atoms in total. The van der Waals surface area contributed by atoms with Gasteiger partial charge in [-0.3, -0.25) is 4.98 Å². The van der Waals surface area contributed by atoms with Crippen molar-refractivity contribution >= 4 is 16.6 Å². The number of benzene rings is 1. The van der Waals surface area contributed by atoms with Gasteiger partial charge in [0.15, 0.2) is 5.82 Å². The lowest BCUT2D eigenvalue weighted by molar-refractivity contribution is -0.137. The average Bonchev–Trinajstić information content (AvgIpc) is 2.64. The Kier molecular flexibility index (Phi) is 5.31. The third kappa shape index (κ3) is 4.37. The van der Waals surface area contributed by atoms with Gasteiger partial charge in [0.2, 0.25) is 0 Å². The van der Waals surface area contributed by atoms with E-state index in [9.17, 15) is 22.7 Å². The van der Waals surface area contributed by atoms with E-state index in [2.05, 4.69) is 20.5 Å². The zero-order valence-electron chi connectivity index (χ0n) is 15.8. The van der Waals surface area contributed by atoms with Crippen LogP contribution in [0.5, 0.6) is 5.75 Å². The van der Waals surface area contributed by atoms with Gasteiger partial charge in [-0.05, 0) is 32.0 Å². The molecule has 29 heavy (non-hydrogen) atoms. The molecule has 0 saturated carbocycles. The first-order valence-corrected chi connectivity index (χ1v) is 8.53. The van der Waals surface area contributed by atoms with Crippen LogP contribution in [0.25, 0.3) is 22.0 Å². The standard InChI is InChI=1S/C19H18F4N4O2/c1-18(2,28)9-25-17-12-8-24-5-4-11(12)16(26-27-17)15-13(20)6-10(19(21,22)23)7-14(15)29-3/h4-8,28H,9H2,1-3H3,(H,25,27). The van der Waals surface area contributed by atoms with Crippen molar-refractivity contribution in [2.45, 2.75) is 25.6 Å². The Hall–Kier alpha value is -3.01. The highest BCUT2D eigenvalue weighted by molar-refractivity contribution is 6.00. The number of rotatable bonds is 5. The number of fused-ring (bicyclic) bond motifs is 1. The predicted octanol–water partition coefficient (Wildman–Crippen LogP) is 4.04. The Bertz CT molecular complexity index is 1050. The van der Waals surface area contributed by atoms with Crippen molar-refractivity contribution in [3.05, 3.63) is 42.0 Å². The smallest absolute Gasteiger partial charge is 0.416 e. The molecule has 0 fully saturated rings. The fourth-order valence-electron chi connectivity index (χ4n) is 2.75. The van der Waals surface area contributed by atoms with Gasteiger partial charge in [-0.2, -0.15) is 13.2 Å². The van der Waals surface area contributed by atoms with E-state index < -0.39 is 23.2 Å². The van der Waals surface area contributed by atoms with E-state index in [1.165, 1.54) is 12.4 Å². The Labute approximate surface area is 163 Å². The fourth-order valence-corrected chi connectivity index (χ4v) is 2.75. The summed E-state index contributed by atoms with van der Waals surface area (Å²) in [7, 11) is 1.15. The summed E-state index contributed by atoms with van der Waals surface area (Å²) in [5.74, 6) is -1.16. The lowest BCUT2D eigenvalue weighted by Crippen LogP contribution is -2.29.